The highest BCUT2D eigenvalue weighted by atomic mass is 19.4. The molecule has 0 aliphatic heterocycles. The number of alkyl halides is 3. The van der Waals surface area contributed by atoms with E-state index in [1.165, 1.54) is 24.3 Å². The van der Waals surface area contributed by atoms with Gasteiger partial charge >= 0.3 is 6.36 Å². The summed E-state index contributed by atoms with van der Waals surface area (Å²) in [5.41, 5.74) is 2.12. The molecule has 3 aromatic rings. The van der Waals surface area contributed by atoms with Gasteiger partial charge < -0.3 is 9.72 Å². The Morgan fingerprint density at radius 2 is 1.77 bits per heavy atom. The van der Waals surface area contributed by atoms with Crippen molar-refractivity contribution < 1.29 is 17.9 Å². The zero-order chi connectivity index (χ0) is 15.6. The van der Waals surface area contributed by atoms with E-state index in [1.54, 1.807) is 18.5 Å². The van der Waals surface area contributed by atoms with E-state index in [0.717, 1.165) is 16.6 Å². The van der Waals surface area contributed by atoms with Crippen molar-refractivity contribution in [3.05, 3.63) is 59.9 Å². The van der Waals surface area contributed by atoms with Gasteiger partial charge in [-0.25, -0.2) is 4.98 Å². The summed E-state index contributed by atoms with van der Waals surface area (Å²) < 4.78 is 40.0. The Bertz CT molecular complexity index is 855. The van der Waals surface area contributed by atoms with Crippen molar-refractivity contribution in [1.29, 1.82) is 0 Å². The molecule has 22 heavy (non-hydrogen) atoms. The average Bonchev–Trinajstić information content (AvgIpc) is 2.94. The Morgan fingerprint density at radius 1 is 1.00 bits per heavy atom. The molecule has 2 heterocycles. The number of benzene rings is 1. The molecule has 3 nitrogen and oxygen atoms in total. The summed E-state index contributed by atoms with van der Waals surface area (Å²) in [6, 6.07) is 9.07. The first-order valence-electron chi connectivity index (χ1n) is 6.31. The Kier molecular flexibility index (Phi) is 3.47. The summed E-state index contributed by atoms with van der Waals surface area (Å²) in [5.74, 6) is 5.62. The molecule has 0 spiro atoms. The van der Waals surface area contributed by atoms with Crippen molar-refractivity contribution in [2.75, 3.05) is 0 Å². The predicted octanol–water partition coefficient (Wildman–Crippen LogP) is 3.86. The van der Waals surface area contributed by atoms with Gasteiger partial charge in [-0.05, 0) is 36.4 Å². The molecule has 0 unspecified atom stereocenters. The number of aromatic nitrogens is 2. The summed E-state index contributed by atoms with van der Waals surface area (Å²) in [4.78, 5) is 7.14. The van der Waals surface area contributed by atoms with Crippen LogP contribution in [0.5, 0.6) is 5.75 Å². The van der Waals surface area contributed by atoms with Crippen LogP contribution in [-0.4, -0.2) is 16.3 Å². The normalized spacial score (nSPS) is 11.0. The topological polar surface area (TPSA) is 37.9 Å². The zero-order valence-electron chi connectivity index (χ0n) is 11.1. The van der Waals surface area contributed by atoms with Crippen molar-refractivity contribution in [3.63, 3.8) is 0 Å². The fourth-order valence-corrected chi connectivity index (χ4v) is 1.95. The van der Waals surface area contributed by atoms with Gasteiger partial charge in [0.2, 0.25) is 0 Å². The maximum Gasteiger partial charge on any atom is 0.573 e. The zero-order valence-corrected chi connectivity index (χ0v) is 11.1. The van der Waals surface area contributed by atoms with E-state index in [2.05, 4.69) is 26.5 Å². The molecule has 0 radical (unpaired) electrons. The summed E-state index contributed by atoms with van der Waals surface area (Å²) in [7, 11) is 0. The van der Waals surface area contributed by atoms with E-state index in [4.69, 9.17) is 0 Å². The first-order valence-corrected chi connectivity index (χ1v) is 6.31. The molecule has 0 amide bonds. The van der Waals surface area contributed by atoms with E-state index >= 15 is 0 Å². The fourth-order valence-electron chi connectivity index (χ4n) is 1.95. The number of aromatic amines is 1. The Hall–Kier alpha value is -2.94. The highest BCUT2D eigenvalue weighted by Crippen LogP contribution is 2.22. The SMILES string of the molecule is FC(F)(F)Oc1ccc(C#Cc2ccnc3[nH]ccc23)cc1. The standard InChI is InChI=1S/C16H9F3N2O/c17-16(18,19)22-13-5-2-11(3-6-13)1-4-12-7-9-20-15-14(12)8-10-21-15/h2-3,5-10H,(H,20,21). The van der Waals surface area contributed by atoms with Gasteiger partial charge in [0, 0.05) is 28.9 Å². The van der Waals surface area contributed by atoms with E-state index in [0.29, 0.717) is 5.56 Å². The van der Waals surface area contributed by atoms with E-state index in [1.807, 2.05) is 6.07 Å². The number of fused-ring (bicyclic) bond motifs is 1. The summed E-state index contributed by atoms with van der Waals surface area (Å²) in [6.07, 6.45) is -1.28. The minimum Gasteiger partial charge on any atom is -0.406 e. The van der Waals surface area contributed by atoms with Crippen LogP contribution in [0.25, 0.3) is 11.0 Å². The molecule has 0 atom stereocenters. The third-order valence-corrected chi connectivity index (χ3v) is 2.89. The first kappa shape index (κ1) is 14.0. The van der Waals surface area contributed by atoms with Gasteiger partial charge in [0.25, 0.3) is 0 Å². The maximum atomic E-state index is 12.1. The lowest BCUT2D eigenvalue weighted by atomic mass is 10.1. The monoisotopic (exact) mass is 302 g/mol. The molecular weight excluding hydrogens is 293 g/mol. The second-order valence-corrected chi connectivity index (χ2v) is 4.42. The van der Waals surface area contributed by atoms with Crippen LogP contribution in [0, 0.1) is 11.8 Å². The number of hydrogen-bond donors (Lipinski definition) is 1. The van der Waals surface area contributed by atoms with Crippen LogP contribution in [0.3, 0.4) is 0 Å². The quantitative estimate of drug-likeness (QED) is 0.693. The molecule has 1 N–H and O–H groups in total. The number of halogens is 3. The number of H-pyrrole nitrogens is 1. The number of rotatable bonds is 1. The number of ether oxygens (including phenoxy) is 1. The molecule has 110 valence electrons. The second kappa shape index (κ2) is 5.45. The largest absolute Gasteiger partial charge is 0.573 e. The van der Waals surface area contributed by atoms with Crippen LogP contribution in [0.2, 0.25) is 0 Å². The van der Waals surface area contributed by atoms with Crippen LogP contribution >= 0.6 is 0 Å². The van der Waals surface area contributed by atoms with Gasteiger partial charge in [0.05, 0.1) is 0 Å². The molecule has 0 aliphatic rings. The highest BCUT2D eigenvalue weighted by molar-refractivity contribution is 5.82. The van der Waals surface area contributed by atoms with Crippen molar-refractivity contribution in [2.45, 2.75) is 6.36 Å². The molecule has 6 heteroatoms. The van der Waals surface area contributed by atoms with Gasteiger partial charge in [-0.2, -0.15) is 0 Å². The van der Waals surface area contributed by atoms with Crippen molar-refractivity contribution >= 4 is 11.0 Å². The van der Waals surface area contributed by atoms with Crippen molar-refractivity contribution in [3.8, 4) is 17.6 Å². The van der Waals surface area contributed by atoms with Crippen LogP contribution in [0.1, 0.15) is 11.1 Å². The lowest BCUT2D eigenvalue weighted by Gasteiger charge is -2.07. The van der Waals surface area contributed by atoms with E-state index in [9.17, 15) is 13.2 Å². The molecule has 1 aromatic carbocycles. The molecule has 0 saturated heterocycles. The van der Waals surface area contributed by atoms with Crippen LogP contribution in [0.15, 0.2) is 48.8 Å². The third kappa shape index (κ3) is 3.20. The molecule has 2 aromatic heterocycles. The first-order chi connectivity index (χ1) is 10.5. The number of nitrogens with one attached hydrogen (secondary N) is 1. The lowest BCUT2D eigenvalue weighted by molar-refractivity contribution is -0.274. The van der Waals surface area contributed by atoms with Gasteiger partial charge in [-0.15, -0.1) is 13.2 Å². The molecule has 0 bridgehead atoms. The van der Waals surface area contributed by atoms with E-state index < -0.39 is 6.36 Å². The Morgan fingerprint density at radius 3 is 2.50 bits per heavy atom. The molecule has 0 aliphatic carbocycles. The van der Waals surface area contributed by atoms with Crippen molar-refractivity contribution in [2.24, 2.45) is 0 Å². The molecule has 0 saturated carbocycles. The summed E-state index contributed by atoms with van der Waals surface area (Å²) in [5, 5.41) is 0.895. The van der Waals surface area contributed by atoms with Gasteiger partial charge in [-0.1, -0.05) is 11.8 Å². The Balaban J connectivity index is 1.84. The Labute approximate surface area is 123 Å². The summed E-state index contributed by atoms with van der Waals surface area (Å²) in [6.45, 7) is 0. The van der Waals surface area contributed by atoms with E-state index in [-0.39, 0.29) is 5.75 Å². The van der Waals surface area contributed by atoms with Crippen LogP contribution < -0.4 is 4.74 Å². The predicted molar refractivity (Wildman–Crippen MR) is 75.2 cm³/mol. The van der Waals surface area contributed by atoms with Gasteiger partial charge in [0.15, 0.2) is 0 Å². The molecule has 0 fully saturated rings. The van der Waals surface area contributed by atoms with Crippen LogP contribution in [0.4, 0.5) is 13.2 Å². The smallest absolute Gasteiger partial charge is 0.406 e. The number of hydrogen-bond acceptors (Lipinski definition) is 2. The molecule has 3 rings (SSSR count). The molecular formula is C16H9F3N2O. The maximum absolute atomic E-state index is 12.1. The average molecular weight is 302 g/mol. The lowest BCUT2D eigenvalue weighted by Crippen LogP contribution is -2.16. The number of pyridine rings is 1. The van der Waals surface area contributed by atoms with Gasteiger partial charge in [0.1, 0.15) is 11.4 Å². The third-order valence-electron chi connectivity index (χ3n) is 2.89. The van der Waals surface area contributed by atoms with Crippen LogP contribution in [-0.2, 0) is 0 Å². The van der Waals surface area contributed by atoms with Crippen molar-refractivity contribution in [1.82, 2.24) is 9.97 Å². The minimum absolute atomic E-state index is 0.269. The minimum atomic E-state index is -4.69. The summed E-state index contributed by atoms with van der Waals surface area (Å²) >= 11 is 0. The second-order valence-electron chi connectivity index (χ2n) is 4.42. The van der Waals surface area contributed by atoms with Gasteiger partial charge in [-0.3, -0.25) is 0 Å². The number of nitrogens with zero attached hydrogens (tertiary/aromatic N) is 1. The highest BCUT2D eigenvalue weighted by Gasteiger charge is 2.30. The fraction of sp³-hybridized carbons (Fsp3) is 0.0625.